The number of aliphatic imine (C=N–C) groups is 1. The molecular weight excluding hydrogens is 180 g/mol. The number of benzodiazepines with no additional fused rings is 1. The minimum Gasteiger partial charge on any atom is -0.364 e. The highest BCUT2D eigenvalue weighted by molar-refractivity contribution is 6.03. The molecule has 1 aliphatic rings. The van der Waals surface area contributed by atoms with E-state index < -0.39 is 12.1 Å². The second-order valence-electron chi connectivity index (χ2n) is 3.11. The molecule has 1 aromatic rings. The fourth-order valence-electron chi connectivity index (χ4n) is 1.41. The van der Waals surface area contributed by atoms with Crippen molar-refractivity contribution >= 4 is 17.8 Å². The van der Waals surface area contributed by atoms with Crippen LogP contribution in [0.2, 0.25) is 0 Å². The predicted octanol–water partition coefficient (Wildman–Crippen LogP) is 0.400. The highest BCUT2D eigenvalue weighted by Crippen LogP contribution is 2.20. The molecule has 1 amide bonds. The topological polar surface area (TPSA) is 52.9 Å². The first kappa shape index (κ1) is 8.90. The summed E-state index contributed by atoms with van der Waals surface area (Å²) in [6.07, 6.45) is 0.230. The van der Waals surface area contributed by atoms with E-state index in [-0.39, 0.29) is 0 Å². The van der Waals surface area contributed by atoms with Gasteiger partial charge in [-0.1, -0.05) is 18.2 Å². The van der Waals surface area contributed by atoms with E-state index >= 15 is 0 Å². The summed E-state index contributed by atoms with van der Waals surface area (Å²) in [5.74, 6) is -0.411. The fraction of sp³-hybridized carbons (Fsp3) is 0.200. The van der Waals surface area contributed by atoms with Crippen LogP contribution in [-0.2, 0) is 4.79 Å². The lowest BCUT2D eigenvalue weighted by Crippen LogP contribution is -2.34. The minimum atomic E-state index is -1.28. The van der Waals surface area contributed by atoms with Crippen molar-refractivity contribution in [3.8, 4) is 0 Å². The molecule has 4 heteroatoms. The molecule has 72 valence electrons. The molecule has 1 N–H and O–H groups in total. The van der Waals surface area contributed by atoms with Gasteiger partial charge >= 0.3 is 0 Å². The van der Waals surface area contributed by atoms with Crippen LogP contribution in [0.15, 0.2) is 29.3 Å². The normalized spacial score (nSPS) is 20.6. The Bertz CT molecular complexity index is 401. The largest absolute Gasteiger partial charge is 0.364 e. The maximum absolute atomic E-state index is 11.5. The third-order valence-electron chi connectivity index (χ3n) is 2.20. The van der Waals surface area contributed by atoms with Gasteiger partial charge in [0.1, 0.15) is 0 Å². The Morgan fingerprint density at radius 2 is 2.14 bits per heavy atom. The molecule has 0 spiro atoms. The molecule has 4 nitrogen and oxygen atoms in total. The first-order valence-electron chi connectivity index (χ1n) is 4.28. The summed E-state index contributed by atoms with van der Waals surface area (Å²) in [6.45, 7) is 0. The fourth-order valence-corrected chi connectivity index (χ4v) is 1.41. The number of amides is 1. The molecule has 0 fully saturated rings. The number of likely N-dealkylation sites (N-methyl/N-ethyl adjacent to an activating group) is 1. The molecular formula is C10H10N2O2. The van der Waals surface area contributed by atoms with Crippen LogP contribution >= 0.6 is 0 Å². The number of aliphatic hydroxyl groups excluding tert-OH is 1. The van der Waals surface area contributed by atoms with Gasteiger partial charge in [0.15, 0.2) is 0 Å². The Balaban J connectivity index is 2.54. The lowest BCUT2D eigenvalue weighted by Gasteiger charge is -2.17. The summed E-state index contributed by atoms with van der Waals surface area (Å²) in [7, 11) is 1.62. The van der Waals surface area contributed by atoms with Gasteiger partial charge in [0.25, 0.3) is 5.91 Å². The molecule has 1 atom stereocenters. The summed E-state index contributed by atoms with van der Waals surface area (Å²) < 4.78 is 0. The number of benzene rings is 1. The van der Waals surface area contributed by atoms with Crippen molar-refractivity contribution < 1.29 is 9.90 Å². The molecule has 0 radical (unpaired) electrons. The highest BCUT2D eigenvalue weighted by atomic mass is 16.3. The Morgan fingerprint density at radius 1 is 1.43 bits per heavy atom. The summed E-state index contributed by atoms with van der Waals surface area (Å²) in [5, 5.41) is 9.31. The molecule has 0 saturated carbocycles. The standard InChI is InChI=1S/C10H10N2O2/c1-12-8-5-3-2-4-7(8)6-11-9(13)10(12)14/h2-6,9,13H,1H3. The molecule has 0 bridgehead atoms. The Kier molecular flexibility index (Phi) is 2.05. The summed E-state index contributed by atoms with van der Waals surface area (Å²) in [6, 6.07) is 7.37. The highest BCUT2D eigenvalue weighted by Gasteiger charge is 2.23. The van der Waals surface area contributed by atoms with Gasteiger partial charge in [-0.3, -0.25) is 9.79 Å². The number of carbonyl (C=O) groups is 1. The summed E-state index contributed by atoms with van der Waals surface area (Å²) in [4.78, 5) is 16.6. The summed E-state index contributed by atoms with van der Waals surface area (Å²) >= 11 is 0. The first-order valence-corrected chi connectivity index (χ1v) is 4.28. The average molecular weight is 190 g/mol. The van der Waals surface area contributed by atoms with Gasteiger partial charge in [0.05, 0.1) is 5.69 Å². The van der Waals surface area contributed by atoms with Gasteiger partial charge in [-0.15, -0.1) is 0 Å². The zero-order valence-corrected chi connectivity index (χ0v) is 7.71. The monoisotopic (exact) mass is 190 g/mol. The third-order valence-corrected chi connectivity index (χ3v) is 2.20. The van der Waals surface area contributed by atoms with Crippen LogP contribution in [0.1, 0.15) is 5.56 Å². The van der Waals surface area contributed by atoms with Crippen molar-refractivity contribution in [1.29, 1.82) is 0 Å². The molecule has 1 heterocycles. The number of hydrogen-bond donors (Lipinski definition) is 1. The first-order chi connectivity index (χ1) is 6.70. The molecule has 1 aliphatic heterocycles. The molecule has 0 aliphatic carbocycles. The van der Waals surface area contributed by atoms with Crippen molar-refractivity contribution in [3.05, 3.63) is 29.8 Å². The van der Waals surface area contributed by atoms with E-state index in [2.05, 4.69) is 4.99 Å². The SMILES string of the molecule is CN1C(=O)C(O)N=Cc2ccccc21. The molecule has 1 unspecified atom stereocenters. The summed E-state index contributed by atoms with van der Waals surface area (Å²) in [5.41, 5.74) is 1.60. The van der Waals surface area contributed by atoms with Gasteiger partial charge in [-0.05, 0) is 6.07 Å². The number of rotatable bonds is 0. The van der Waals surface area contributed by atoms with Crippen LogP contribution in [0.25, 0.3) is 0 Å². The number of fused-ring (bicyclic) bond motifs is 1. The maximum atomic E-state index is 11.5. The number of nitrogens with zero attached hydrogens (tertiary/aromatic N) is 2. The van der Waals surface area contributed by atoms with Crippen LogP contribution in [0.5, 0.6) is 0 Å². The molecule has 1 aromatic carbocycles. The van der Waals surface area contributed by atoms with E-state index in [1.54, 1.807) is 7.05 Å². The second-order valence-corrected chi connectivity index (χ2v) is 3.11. The van der Waals surface area contributed by atoms with E-state index in [4.69, 9.17) is 0 Å². The third kappa shape index (κ3) is 1.29. The number of hydrogen-bond acceptors (Lipinski definition) is 3. The molecule has 0 saturated heterocycles. The van der Waals surface area contributed by atoms with Gasteiger partial charge < -0.3 is 10.0 Å². The Hall–Kier alpha value is -1.68. The van der Waals surface area contributed by atoms with E-state index in [1.807, 2.05) is 24.3 Å². The number of para-hydroxylation sites is 1. The smallest absolute Gasteiger partial charge is 0.278 e. The van der Waals surface area contributed by atoms with E-state index in [0.717, 1.165) is 11.3 Å². The van der Waals surface area contributed by atoms with E-state index in [1.165, 1.54) is 11.1 Å². The average Bonchev–Trinajstić information content (AvgIpc) is 2.32. The maximum Gasteiger partial charge on any atom is 0.278 e. The minimum absolute atomic E-state index is 0.411. The van der Waals surface area contributed by atoms with Gasteiger partial charge in [-0.25, -0.2) is 0 Å². The van der Waals surface area contributed by atoms with Crippen LogP contribution in [0, 0.1) is 0 Å². The van der Waals surface area contributed by atoms with Crippen molar-refractivity contribution in [2.45, 2.75) is 6.23 Å². The van der Waals surface area contributed by atoms with Gasteiger partial charge in [0, 0.05) is 18.8 Å². The van der Waals surface area contributed by atoms with Crippen molar-refractivity contribution in [2.75, 3.05) is 11.9 Å². The van der Waals surface area contributed by atoms with Crippen molar-refractivity contribution in [3.63, 3.8) is 0 Å². The van der Waals surface area contributed by atoms with Crippen LogP contribution < -0.4 is 4.90 Å². The Morgan fingerprint density at radius 3 is 2.93 bits per heavy atom. The quantitative estimate of drug-likeness (QED) is 0.643. The second kappa shape index (κ2) is 3.23. The van der Waals surface area contributed by atoms with Crippen molar-refractivity contribution in [1.82, 2.24) is 0 Å². The predicted molar refractivity (Wildman–Crippen MR) is 53.5 cm³/mol. The van der Waals surface area contributed by atoms with Gasteiger partial charge in [0.2, 0.25) is 6.23 Å². The van der Waals surface area contributed by atoms with Crippen molar-refractivity contribution in [2.24, 2.45) is 4.99 Å². The molecule has 14 heavy (non-hydrogen) atoms. The number of carbonyl (C=O) groups excluding carboxylic acids is 1. The van der Waals surface area contributed by atoms with Crippen LogP contribution in [0.4, 0.5) is 5.69 Å². The van der Waals surface area contributed by atoms with E-state index in [9.17, 15) is 9.90 Å². The number of aliphatic hydroxyl groups is 1. The van der Waals surface area contributed by atoms with Gasteiger partial charge in [-0.2, -0.15) is 0 Å². The zero-order chi connectivity index (χ0) is 10.1. The van der Waals surface area contributed by atoms with Crippen LogP contribution in [-0.4, -0.2) is 30.5 Å². The lowest BCUT2D eigenvalue weighted by molar-refractivity contribution is -0.125. The number of anilines is 1. The Labute approximate surface area is 81.5 Å². The molecule has 2 rings (SSSR count). The van der Waals surface area contributed by atoms with E-state index in [0.29, 0.717) is 0 Å². The lowest BCUT2D eigenvalue weighted by atomic mass is 10.2. The zero-order valence-electron chi connectivity index (χ0n) is 7.71. The van der Waals surface area contributed by atoms with Crippen LogP contribution in [0.3, 0.4) is 0 Å². The molecule has 0 aromatic heterocycles.